The Labute approximate surface area is 92.4 Å². The smallest absolute Gasteiger partial charge is 0.264 e. The molecule has 1 aliphatic rings. The second kappa shape index (κ2) is 4.67. The van der Waals surface area contributed by atoms with Gasteiger partial charge in [0.1, 0.15) is 4.88 Å². The van der Waals surface area contributed by atoms with Crippen molar-refractivity contribution in [2.75, 3.05) is 19.6 Å². The van der Waals surface area contributed by atoms with Crippen molar-refractivity contribution in [1.29, 1.82) is 0 Å². The van der Waals surface area contributed by atoms with Crippen LogP contribution in [0.1, 0.15) is 22.3 Å². The van der Waals surface area contributed by atoms with Crippen LogP contribution in [0.3, 0.4) is 0 Å². The number of aromatic nitrogens is 2. The van der Waals surface area contributed by atoms with Gasteiger partial charge in [0, 0.05) is 25.6 Å². The van der Waals surface area contributed by atoms with E-state index in [0.29, 0.717) is 10.8 Å². The van der Waals surface area contributed by atoms with Crippen molar-refractivity contribution in [1.82, 2.24) is 20.2 Å². The van der Waals surface area contributed by atoms with Crippen LogP contribution in [-0.2, 0) is 6.42 Å². The maximum absolute atomic E-state index is 11.7. The average molecular weight is 226 g/mol. The highest BCUT2D eigenvalue weighted by Crippen LogP contribution is 2.11. The first kappa shape index (κ1) is 10.5. The summed E-state index contributed by atoms with van der Waals surface area (Å²) in [6, 6.07) is 0. The van der Waals surface area contributed by atoms with E-state index in [1.807, 2.05) is 6.92 Å². The Morgan fingerprint density at radius 2 is 2.47 bits per heavy atom. The van der Waals surface area contributed by atoms with Crippen LogP contribution in [0.2, 0.25) is 0 Å². The molecule has 1 fully saturated rings. The van der Waals surface area contributed by atoms with E-state index in [2.05, 4.69) is 20.2 Å². The zero-order valence-electron chi connectivity index (χ0n) is 8.62. The number of carbonyl (C=O) groups excluding carboxylic acids is 1. The SMILES string of the molecule is CCc1nnsc1C(=O)NCC1CNC1. The quantitative estimate of drug-likeness (QED) is 0.761. The Bertz CT molecular complexity index is 348. The molecule has 0 aromatic carbocycles. The van der Waals surface area contributed by atoms with E-state index in [4.69, 9.17) is 0 Å². The highest BCUT2D eigenvalue weighted by atomic mass is 32.1. The highest BCUT2D eigenvalue weighted by molar-refractivity contribution is 7.08. The Kier molecular flexibility index (Phi) is 3.27. The van der Waals surface area contributed by atoms with Gasteiger partial charge in [0.2, 0.25) is 0 Å². The zero-order chi connectivity index (χ0) is 10.7. The number of nitrogens with zero attached hydrogens (tertiary/aromatic N) is 2. The molecule has 1 amide bonds. The van der Waals surface area contributed by atoms with E-state index >= 15 is 0 Å². The van der Waals surface area contributed by atoms with Crippen LogP contribution in [-0.4, -0.2) is 35.1 Å². The maximum atomic E-state index is 11.7. The fourth-order valence-electron chi connectivity index (χ4n) is 1.42. The Balaban J connectivity index is 1.89. The van der Waals surface area contributed by atoms with Gasteiger partial charge in [-0.1, -0.05) is 11.4 Å². The predicted molar refractivity (Wildman–Crippen MR) is 58.0 cm³/mol. The van der Waals surface area contributed by atoms with E-state index in [1.54, 1.807) is 0 Å². The Hall–Kier alpha value is -1.01. The molecular formula is C9H14N4OS. The van der Waals surface area contributed by atoms with Crippen molar-refractivity contribution in [3.05, 3.63) is 10.6 Å². The van der Waals surface area contributed by atoms with Crippen LogP contribution < -0.4 is 10.6 Å². The van der Waals surface area contributed by atoms with Gasteiger partial charge in [0.05, 0.1) is 5.69 Å². The lowest BCUT2D eigenvalue weighted by Gasteiger charge is -2.26. The van der Waals surface area contributed by atoms with E-state index in [0.717, 1.165) is 31.7 Å². The van der Waals surface area contributed by atoms with Gasteiger partial charge in [-0.05, 0) is 18.0 Å². The zero-order valence-corrected chi connectivity index (χ0v) is 9.43. The summed E-state index contributed by atoms with van der Waals surface area (Å²) < 4.78 is 3.79. The number of aryl methyl sites for hydroxylation is 1. The van der Waals surface area contributed by atoms with Crippen molar-refractivity contribution in [3.8, 4) is 0 Å². The molecular weight excluding hydrogens is 212 g/mol. The topological polar surface area (TPSA) is 66.9 Å². The first-order chi connectivity index (χ1) is 7.31. The molecule has 5 nitrogen and oxygen atoms in total. The average Bonchev–Trinajstić information content (AvgIpc) is 2.62. The minimum Gasteiger partial charge on any atom is -0.351 e. The maximum Gasteiger partial charge on any atom is 0.264 e. The first-order valence-corrected chi connectivity index (χ1v) is 5.88. The molecule has 1 saturated heterocycles. The molecule has 0 atom stereocenters. The predicted octanol–water partition coefficient (Wildman–Crippen LogP) is 0.0497. The standard InChI is InChI=1S/C9H14N4OS/c1-2-7-8(15-13-12-7)9(14)11-5-6-3-10-4-6/h6,10H,2-5H2,1H3,(H,11,14). The molecule has 1 aromatic heterocycles. The molecule has 1 aliphatic heterocycles. The van der Waals surface area contributed by atoms with Gasteiger partial charge >= 0.3 is 0 Å². The normalized spacial score (nSPS) is 16.1. The largest absolute Gasteiger partial charge is 0.351 e. The summed E-state index contributed by atoms with van der Waals surface area (Å²) in [6.45, 7) is 4.72. The molecule has 15 heavy (non-hydrogen) atoms. The second-order valence-electron chi connectivity index (χ2n) is 3.64. The molecule has 82 valence electrons. The Morgan fingerprint density at radius 1 is 1.67 bits per heavy atom. The lowest BCUT2D eigenvalue weighted by molar-refractivity contribution is 0.0945. The third kappa shape index (κ3) is 2.32. The van der Waals surface area contributed by atoms with Crippen molar-refractivity contribution >= 4 is 17.4 Å². The second-order valence-corrected chi connectivity index (χ2v) is 4.39. The van der Waals surface area contributed by atoms with Crippen LogP contribution in [0.15, 0.2) is 0 Å². The number of nitrogens with one attached hydrogen (secondary N) is 2. The van der Waals surface area contributed by atoms with E-state index in [-0.39, 0.29) is 5.91 Å². The van der Waals surface area contributed by atoms with Crippen molar-refractivity contribution in [3.63, 3.8) is 0 Å². The fourth-order valence-corrected chi connectivity index (χ4v) is 2.09. The lowest BCUT2D eigenvalue weighted by Crippen LogP contribution is -2.48. The summed E-state index contributed by atoms with van der Waals surface area (Å²) in [6.07, 6.45) is 0.754. The number of rotatable bonds is 4. The van der Waals surface area contributed by atoms with Crippen LogP contribution in [0, 0.1) is 5.92 Å². The Morgan fingerprint density at radius 3 is 3.07 bits per heavy atom. The molecule has 0 unspecified atom stereocenters. The van der Waals surface area contributed by atoms with E-state index in [9.17, 15) is 4.79 Å². The summed E-state index contributed by atoms with van der Waals surface area (Å²) in [4.78, 5) is 12.4. The first-order valence-electron chi connectivity index (χ1n) is 5.11. The molecule has 2 heterocycles. The third-order valence-corrected chi connectivity index (χ3v) is 3.28. The molecule has 0 radical (unpaired) electrons. The van der Waals surface area contributed by atoms with Crippen LogP contribution in [0.25, 0.3) is 0 Å². The molecule has 0 bridgehead atoms. The molecule has 2 N–H and O–H groups in total. The summed E-state index contributed by atoms with van der Waals surface area (Å²) >= 11 is 1.17. The monoisotopic (exact) mass is 226 g/mol. The summed E-state index contributed by atoms with van der Waals surface area (Å²) in [7, 11) is 0. The van der Waals surface area contributed by atoms with E-state index in [1.165, 1.54) is 11.5 Å². The number of amides is 1. The van der Waals surface area contributed by atoms with Crippen LogP contribution >= 0.6 is 11.5 Å². The summed E-state index contributed by atoms with van der Waals surface area (Å²) in [5, 5.41) is 9.99. The number of hydrogen-bond acceptors (Lipinski definition) is 5. The number of carbonyl (C=O) groups is 1. The summed E-state index contributed by atoms with van der Waals surface area (Å²) in [5.41, 5.74) is 0.796. The van der Waals surface area contributed by atoms with Crippen molar-refractivity contribution in [2.24, 2.45) is 5.92 Å². The molecule has 1 aromatic rings. The van der Waals surface area contributed by atoms with Crippen LogP contribution in [0.5, 0.6) is 0 Å². The molecule has 0 spiro atoms. The van der Waals surface area contributed by atoms with Gasteiger partial charge in [-0.25, -0.2) is 0 Å². The third-order valence-electron chi connectivity index (χ3n) is 2.51. The molecule has 6 heteroatoms. The van der Waals surface area contributed by atoms with Gasteiger partial charge in [0.15, 0.2) is 0 Å². The van der Waals surface area contributed by atoms with Gasteiger partial charge in [-0.15, -0.1) is 5.10 Å². The van der Waals surface area contributed by atoms with E-state index < -0.39 is 0 Å². The van der Waals surface area contributed by atoms with Crippen molar-refractivity contribution < 1.29 is 4.79 Å². The minimum absolute atomic E-state index is 0.0336. The van der Waals surface area contributed by atoms with Crippen LogP contribution in [0.4, 0.5) is 0 Å². The molecule has 0 aliphatic carbocycles. The molecule has 0 saturated carbocycles. The summed E-state index contributed by atoms with van der Waals surface area (Å²) in [5.74, 6) is 0.550. The van der Waals surface area contributed by atoms with Crippen molar-refractivity contribution in [2.45, 2.75) is 13.3 Å². The van der Waals surface area contributed by atoms with Gasteiger partial charge in [-0.3, -0.25) is 4.79 Å². The van der Waals surface area contributed by atoms with Gasteiger partial charge < -0.3 is 10.6 Å². The highest BCUT2D eigenvalue weighted by Gasteiger charge is 2.19. The lowest BCUT2D eigenvalue weighted by atomic mass is 10.0. The number of hydrogen-bond donors (Lipinski definition) is 2. The molecule has 2 rings (SSSR count). The minimum atomic E-state index is -0.0336. The van der Waals surface area contributed by atoms with Gasteiger partial charge in [0.25, 0.3) is 5.91 Å². The van der Waals surface area contributed by atoms with Gasteiger partial charge in [-0.2, -0.15) is 0 Å². The fraction of sp³-hybridized carbons (Fsp3) is 0.667.